The standard InChI is InChI=1S/C13H11N3O3/c1-8-3-2-5-15-11(8)16-12(17)9-4-6-14-7-10(9)13(18)19/h2-7H,1H3,(H,18,19)(H,15,16,17). The largest absolute Gasteiger partial charge is 0.478 e. The summed E-state index contributed by atoms with van der Waals surface area (Å²) in [5, 5.41) is 11.6. The molecule has 2 heterocycles. The van der Waals surface area contributed by atoms with E-state index in [-0.39, 0.29) is 11.1 Å². The predicted molar refractivity (Wildman–Crippen MR) is 68.1 cm³/mol. The molecule has 0 aromatic carbocycles. The number of hydrogen-bond acceptors (Lipinski definition) is 4. The molecule has 2 rings (SSSR count). The van der Waals surface area contributed by atoms with Crippen LogP contribution in [0.1, 0.15) is 26.3 Å². The zero-order valence-corrected chi connectivity index (χ0v) is 10.1. The summed E-state index contributed by atoms with van der Waals surface area (Å²) in [5.41, 5.74) is 0.697. The van der Waals surface area contributed by atoms with Crippen molar-refractivity contribution in [2.24, 2.45) is 0 Å². The third kappa shape index (κ3) is 2.74. The van der Waals surface area contributed by atoms with Gasteiger partial charge in [-0.25, -0.2) is 9.78 Å². The first-order valence-electron chi connectivity index (χ1n) is 5.50. The average Bonchev–Trinajstić information content (AvgIpc) is 2.41. The molecule has 0 unspecified atom stereocenters. The van der Waals surface area contributed by atoms with Gasteiger partial charge in [0.15, 0.2) is 0 Å². The van der Waals surface area contributed by atoms with Crippen molar-refractivity contribution in [1.82, 2.24) is 9.97 Å². The topological polar surface area (TPSA) is 92.2 Å². The van der Waals surface area contributed by atoms with Gasteiger partial charge in [0, 0.05) is 18.6 Å². The van der Waals surface area contributed by atoms with Gasteiger partial charge in [-0.3, -0.25) is 9.78 Å². The fraction of sp³-hybridized carbons (Fsp3) is 0.0769. The van der Waals surface area contributed by atoms with Crippen molar-refractivity contribution in [2.75, 3.05) is 5.32 Å². The third-order valence-corrected chi connectivity index (χ3v) is 2.54. The van der Waals surface area contributed by atoms with Gasteiger partial charge >= 0.3 is 5.97 Å². The molecule has 0 aliphatic heterocycles. The molecule has 0 saturated carbocycles. The highest BCUT2D eigenvalue weighted by molar-refractivity contribution is 6.10. The molecule has 2 N–H and O–H groups in total. The van der Waals surface area contributed by atoms with Crippen molar-refractivity contribution in [2.45, 2.75) is 6.92 Å². The van der Waals surface area contributed by atoms with Crippen molar-refractivity contribution in [3.8, 4) is 0 Å². The highest BCUT2D eigenvalue weighted by Crippen LogP contribution is 2.13. The second kappa shape index (κ2) is 5.26. The highest BCUT2D eigenvalue weighted by atomic mass is 16.4. The molecule has 0 spiro atoms. The van der Waals surface area contributed by atoms with Crippen molar-refractivity contribution >= 4 is 17.7 Å². The van der Waals surface area contributed by atoms with Gasteiger partial charge < -0.3 is 10.4 Å². The van der Waals surface area contributed by atoms with Gasteiger partial charge in [0.25, 0.3) is 5.91 Å². The lowest BCUT2D eigenvalue weighted by Gasteiger charge is -2.08. The molecule has 6 nitrogen and oxygen atoms in total. The minimum absolute atomic E-state index is 0.0487. The fourth-order valence-electron chi connectivity index (χ4n) is 1.55. The summed E-state index contributed by atoms with van der Waals surface area (Å²) >= 11 is 0. The molecule has 6 heteroatoms. The molecule has 19 heavy (non-hydrogen) atoms. The van der Waals surface area contributed by atoms with Crippen LogP contribution in [0.4, 0.5) is 5.82 Å². The van der Waals surface area contributed by atoms with E-state index in [4.69, 9.17) is 5.11 Å². The number of nitrogens with zero attached hydrogens (tertiary/aromatic N) is 2. The first kappa shape index (κ1) is 12.7. The van der Waals surface area contributed by atoms with E-state index in [1.54, 1.807) is 25.3 Å². The number of aromatic nitrogens is 2. The Morgan fingerprint density at radius 1 is 1.21 bits per heavy atom. The van der Waals surface area contributed by atoms with E-state index in [0.29, 0.717) is 5.82 Å². The number of amides is 1. The fourth-order valence-corrected chi connectivity index (χ4v) is 1.55. The van der Waals surface area contributed by atoms with Crippen molar-refractivity contribution in [3.05, 3.63) is 53.5 Å². The maximum absolute atomic E-state index is 12.0. The number of anilines is 1. The SMILES string of the molecule is Cc1cccnc1NC(=O)c1ccncc1C(=O)O. The zero-order valence-electron chi connectivity index (χ0n) is 10.1. The Balaban J connectivity index is 2.31. The number of carboxylic acid groups (broad SMARTS) is 1. The molecule has 0 bridgehead atoms. The number of carbonyl (C=O) groups excluding carboxylic acids is 1. The van der Waals surface area contributed by atoms with Gasteiger partial charge in [-0.1, -0.05) is 6.07 Å². The number of carboxylic acids is 1. The van der Waals surface area contributed by atoms with Crippen LogP contribution < -0.4 is 5.32 Å². The Morgan fingerprint density at radius 3 is 2.68 bits per heavy atom. The van der Waals surface area contributed by atoms with Crippen molar-refractivity contribution in [3.63, 3.8) is 0 Å². The van der Waals surface area contributed by atoms with Crippen LogP contribution in [0.3, 0.4) is 0 Å². The van der Waals surface area contributed by atoms with Crippen LogP contribution in [0.5, 0.6) is 0 Å². The number of aromatic carboxylic acids is 1. The summed E-state index contributed by atoms with van der Waals surface area (Å²) in [6, 6.07) is 4.91. The Bertz CT molecular complexity index is 641. The smallest absolute Gasteiger partial charge is 0.338 e. The number of aryl methyl sites for hydroxylation is 1. The highest BCUT2D eigenvalue weighted by Gasteiger charge is 2.17. The number of rotatable bonds is 3. The van der Waals surface area contributed by atoms with E-state index in [1.165, 1.54) is 12.3 Å². The minimum atomic E-state index is -1.20. The van der Waals surface area contributed by atoms with Crippen LogP contribution in [0, 0.1) is 6.92 Å². The molecule has 0 saturated heterocycles. The summed E-state index contributed by atoms with van der Waals surface area (Å²) in [7, 11) is 0. The van der Waals surface area contributed by atoms with Crippen LogP contribution >= 0.6 is 0 Å². The quantitative estimate of drug-likeness (QED) is 0.873. The van der Waals surface area contributed by atoms with E-state index in [1.807, 2.05) is 0 Å². The normalized spacial score (nSPS) is 9.95. The van der Waals surface area contributed by atoms with Crippen LogP contribution in [-0.2, 0) is 0 Å². The maximum Gasteiger partial charge on any atom is 0.338 e. The zero-order chi connectivity index (χ0) is 13.8. The Hall–Kier alpha value is -2.76. The number of hydrogen-bond donors (Lipinski definition) is 2. The molecule has 96 valence electrons. The third-order valence-electron chi connectivity index (χ3n) is 2.54. The van der Waals surface area contributed by atoms with E-state index in [2.05, 4.69) is 15.3 Å². The second-order valence-electron chi connectivity index (χ2n) is 3.85. The lowest BCUT2D eigenvalue weighted by molar-refractivity contribution is 0.0692. The summed E-state index contributed by atoms with van der Waals surface area (Å²) in [6.45, 7) is 1.80. The maximum atomic E-state index is 12.0. The molecule has 1 amide bonds. The number of pyridine rings is 2. The van der Waals surface area contributed by atoms with Gasteiger partial charge in [-0.15, -0.1) is 0 Å². The van der Waals surface area contributed by atoms with Crippen LogP contribution in [0.15, 0.2) is 36.8 Å². The molecule has 2 aromatic heterocycles. The molecule has 0 atom stereocenters. The Labute approximate surface area is 109 Å². The average molecular weight is 257 g/mol. The Kier molecular flexibility index (Phi) is 3.51. The summed E-state index contributed by atoms with van der Waals surface area (Å²) in [6.07, 6.45) is 4.06. The minimum Gasteiger partial charge on any atom is -0.478 e. The molecule has 0 radical (unpaired) electrons. The molecular weight excluding hydrogens is 246 g/mol. The van der Waals surface area contributed by atoms with E-state index < -0.39 is 11.9 Å². The predicted octanol–water partition coefficient (Wildman–Crippen LogP) is 1.74. The number of nitrogens with one attached hydrogen (secondary N) is 1. The van der Waals surface area contributed by atoms with E-state index in [9.17, 15) is 9.59 Å². The lowest BCUT2D eigenvalue weighted by atomic mass is 10.1. The van der Waals surface area contributed by atoms with E-state index >= 15 is 0 Å². The van der Waals surface area contributed by atoms with Gasteiger partial charge in [0.2, 0.25) is 0 Å². The van der Waals surface area contributed by atoms with Crippen LogP contribution in [0.2, 0.25) is 0 Å². The first-order valence-corrected chi connectivity index (χ1v) is 5.50. The lowest BCUT2D eigenvalue weighted by Crippen LogP contribution is -2.17. The van der Waals surface area contributed by atoms with Gasteiger partial charge in [0.05, 0.1) is 11.1 Å². The van der Waals surface area contributed by atoms with Gasteiger partial charge in [-0.2, -0.15) is 0 Å². The summed E-state index contributed by atoms with van der Waals surface area (Å²) in [5.74, 6) is -1.32. The van der Waals surface area contributed by atoms with Crippen LogP contribution in [0.25, 0.3) is 0 Å². The second-order valence-corrected chi connectivity index (χ2v) is 3.85. The van der Waals surface area contributed by atoms with Crippen LogP contribution in [-0.4, -0.2) is 27.0 Å². The van der Waals surface area contributed by atoms with Gasteiger partial charge in [0.1, 0.15) is 5.82 Å². The molecular formula is C13H11N3O3. The molecule has 0 fully saturated rings. The van der Waals surface area contributed by atoms with Crippen molar-refractivity contribution < 1.29 is 14.7 Å². The van der Waals surface area contributed by atoms with E-state index in [0.717, 1.165) is 11.8 Å². The monoisotopic (exact) mass is 257 g/mol. The molecule has 0 aliphatic carbocycles. The summed E-state index contributed by atoms with van der Waals surface area (Å²) in [4.78, 5) is 30.8. The number of carbonyl (C=O) groups is 2. The van der Waals surface area contributed by atoms with Gasteiger partial charge in [-0.05, 0) is 24.6 Å². The summed E-state index contributed by atoms with van der Waals surface area (Å²) < 4.78 is 0. The Morgan fingerprint density at radius 2 is 2.00 bits per heavy atom. The first-order chi connectivity index (χ1) is 9.09. The molecule has 2 aromatic rings. The van der Waals surface area contributed by atoms with Crippen molar-refractivity contribution in [1.29, 1.82) is 0 Å². The molecule has 0 aliphatic rings.